The minimum absolute atomic E-state index is 0.0165. The SMILES string of the molecule is CCOCCCN1C(=O)C(=O)/C(=C(/O)c2ccc(OCC)cc2)C1c1ccc(F)cc1. The summed E-state index contributed by atoms with van der Waals surface area (Å²) in [6.45, 7) is 5.51. The lowest BCUT2D eigenvalue weighted by molar-refractivity contribution is -0.140. The predicted octanol–water partition coefficient (Wildman–Crippen LogP) is 4.07. The quantitative estimate of drug-likeness (QED) is 0.283. The standard InChI is InChI=1S/C24H26FNO5/c1-3-30-15-5-14-26-21(16-6-10-18(25)11-7-16)20(23(28)24(26)29)22(27)17-8-12-19(13-9-17)31-4-2/h6-13,21,27H,3-5,14-15H2,1-2H3/b22-20+. The Labute approximate surface area is 180 Å². The van der Waals surface area contributed by atoms with Crippen LogP contribution in [0.25, 0.3) is 5.76 Å². The highest BCUT2D eigenvalue weighted by Crippen LogP contribution is 2.39. The number of aliphatic hydroxyl groups excluding tert-OH is 1. The number of ketones is 1. The lowest BCUT2D eigenvalue weighted by atomic mass is 9.95. The first-order valence-electron chi connectivity index (χ1n) is 10.3. The number of likely N-dealkylation sites (tertiary alicyclic amines) is 1. The lowest BCUT2D eigenvalue weighted by Gasteiger charge is -2.25. The molecule has 0 aliphatic carbocycles. The molecule has 0 spiro atoms. The van der Waals surface area contributed by atoms with Crippen molar-refractivity contribution < 1.29 is 28.6 Å². The van der Waals surface area contributed by atoms with Gasteiger partial charge in [0.1, 0.15) is 17.3 Å². The van der Waals surface area contributed by atoms with Crippen molar-refractivity contribution in [2.24, 2.45) is 0 Å². The second-order valence-electron chi connectivity index (χ2n) is 7.05. The Morgan fingerprint density at radius 3 is 2.32 bits per heavy atom. The van der Waals surface area contributed by atoms with Gasteiger partial charge in [-0.1, -0.05) is 12.1 Å². The topological polar surface area (TPSA) is 76.1 Å². The molecule has 0 bridgehead atoms. The zero-order chi connectivity index (χ0) is 22.4. The number of rotatable bonds is 9. The van der Waals surface area contributed by atoms with Crippen LogP contribution in [0.1, 0.15) is 37.4 Å². The number of benzene rings is 2. The van der Waals surface area contributed by atoms with Crippen molar-refractivity contribution in [2.45, 2.75) is 26.3 Å². The van der Waals surface area contributed by atoms with Crippen LogP contribution in [0.4, 0.5) is 4.39 Å². The van der Waals surface area contributed by atoms with E-state index in [-0.39, 0.29) is 17.9 Å². The van der Waals surface area contributed by atoms with Gasteiger partial charge in [0.2, 0.25) is 0 Å². The van der Waals surface area contributed by atoms with Crippen LogP contribution < -0.4 is 4.74 Å². The van der Waals surface area contributed by atoms with Crippen LogP contribution in [0.3, 0.4) is 0 Å². The molecular weight excluding hydrogens is 401 g/mol. The summed E-state index contributed by atoms with van der Waals surface area (Å²) in [5.41, 5.74) is 0.921. The molecule has 1 unspecified atom stereocenters. The Morgan fingerprint density at radius 1 is 1.03 bits per heavy atom. The highest BCUT2D eigenvalue weighted by atomic mass is 19.1. The van der Waals surface area contributed by atoms with Gasteiger partial charge in [0, 0.05) is 25.3 Å². The summed E-state index contributed by atoms with van der Waals surface area (Å²) in [5.74, 6) is -1.53. The molecule has 164 valence electrons. The van der Waals surface area contributed by atoms with E-state index in [0.717, 1.165) is 0 Å². The molecule has 0 saturated carbocycles. The van der Waals surface area contributed by atoms with E-state index in [0.29, 0.717) is 43.1 Å². The number of halogens is 1. The Balaban J connectivity index is 2.02. The first-order chi connectivity index (χ1) is 15.0. The van der Waals surface area contributed by atoms with Crippen molar-refractivity contribution in [1.29, 1.82) is 0 Å². The molecule has 1 heterocycles. The average molecular weight is 427 g/mol. The zero-order valence-electron chi connectivity index (χ0n) is 17.6. The minimum Gasteiger partial charge on any atom is -0.507 e. The van der Waals surface area contributed by atoms with Gasteiger partial charge in [-0.25, -0.2) is 4.39 Å². The number of carbonyl (C=O) groups is 2. The summed E-state index contributed by atoms with van der Waals surface area (Å²) in [7, 11) is 0. The van der Waals surface area contributed by atoms with E-state index < -0.39 is 23.5 Å². The van der Waals surface area contributed by atoms with Crippen molar-refractivity contribution in [3.8, 4) is 5.75 Å². The smallest absolute Gasteiger partial charge is 0.295 e. The summed E-state index contributed by atoms with van der Waals surface area (Å²) in [6.07, 6.45) is 0.529. The molecule has 6 nitrogen and oxygen atoms in total. The number of hydrogen-bond acceptors (Lipinski definition) is 5. The first kappa shape index (κ1) is 22.5. The Bertz CT molecular complexity index is 953. The van der Waals surface area contributed by atoms with Crippen LogP contribution >= 0.6 is 0 Å². The van der Waals surface area contributed by atoms with E-state index in [9.17, 15) is 19.1 Å². The zero-order valence-corrected chi connectivity index (χ0v) is 17.6. The highest BCUT2D eigenvalue weighted by molar-refractivity contribution is 6.46. The van der Waals surface area contributed by atoms with E-state index in [1.54, 1.807) is 24.3 Å². The van der Waals surface area contributed by atoms with Crippen molar-refractivity contribution in [2.75, 3.05) is 26.4 Å². The molecule has 1 saturated heterocycles. The van der Waals surface area contributed by atoms with E-state index in [1.807, 2.05) is 13.8 Å². The summed E-state index contributed by atoms with van der Waals surface area (Å²) in [6, 6.07) is 11.4. The number of ether oxygens (including phenoxy) is 2. The summed E-state index contributed by atoms with van der Waals surface area (Å²) < 4.78 is 24.2. The van der Waals surface area contributed by atoms with Gasteiger partial charge in [0.15, 0.2) is 0 Å². The molecule has 3 rings (SSSR count). The molecule has 2 aromatic rings. The molecule has 1 amide bonds. The Kier molecular flexibility index (Phi) is 7.41. The van der Waals surface area contributed by atoms with Crippen LogP contribution in [-0.4, -0.2) is 48.1 Å². The van der Waals surface area contributed by atoms with E-state index in [4.69, 9.17) is 9.47 Å². The molecule has 1 N–H and O–H groups in total. The van der Waals surface area contributed by atoms with Gasteiger partial charge >= 0.3 is 0 Å². The third kappa shape index (κ3) is 4.94. The van der Waals surface area contributed by atoms with E-state index in [2.05, 4.69) is 0 Å². The third-order valence-corrected chi connectivity index (χ3v) is 5.06. The van der Waals surface area contributed by atoms with E-state index in [1.165, 1.54) is 29.2 Å². The number of hydrogen-bond donors (Lipinski definition) is 1. The second kappa shape index (κ2) is 10.2. The number of amides is 1. The van der Waals surface area contributed by atoms with Crippen LogP contribution in [0.2, 0.25) is 0 Å². The third-order valence-electron chi connectivity index (χ3n) is 5.06. The molecule has 1 aliphatic rings. The summed E-state index contributed by atoms with van der Waals surface area (Å²) in [4.78, 5) is 27.1. The van der Waals surface area contributed by atoms with Gasteiger partial charge in [-0.15, -0.1) is 0 Å². The van der Waals surface area contributed by atoms with Gasteiger partial charge in [-0.05, 0) is 62.2 Å². The van der Waals surface area contributed by atoms with Crippen molar-refractivity contribution >= 4 is 17.4 Å². The first-order valence-corrected chi connectivity index (χ1v) is 10.3. The Hall–Kier alpha value is -3.19. The van der Waals surface area contributed by atoms with Crippen LogP contribution in [0, 0.1) is 5.82 Å². The molecule has 31 heavy (non-hydrogen) atoms. The molecule has 0 radical (unpaired) electrons. The van der Waals surface area contributed by atoms with Crippen molar-refractivity contribution in [3.63, 3.8) is 0 Å². The van der Waals surface area contributed by atoms with Gasteiger partial charge in [0.05, 0.1) is 18.2 Å². The maximum Gasteiger partial charge on any atom is 0.295 e. The maximum atomic E-state index is 13.5. The van der Waals surface area contributed by atoms with Gasteiger partial charge in [0.25, 0.3) is 11.7 Å². The largest absolute Gasteiger partial charge is 0.507 e. The number of carbonyl (C=O) groups excluding carboxylic acids is 2. The summed E-state index contributed by atoms with van der Waals surface area (Å²) >= 11 is 0. The minimum atomic E-state index is -0.811. The number of nitrogens with zero attached hydrogens (tertiary/aromatic N) is 1. The summed E-state index contributed by atoms with van der Waals surface area (Å²) in [5, 5.41) is 11.0. The molecule has 2 aromatic carbocycles. The molecule has 1 atom stereocenters. The van der Waals surface area contributed by atoms with Gasteiger partial charge in [-0.2, -0.15) is 0 Å². The van der Waals surface area contributed by atoms with Crippen molar-refractivity contribution in [1.82, 2.24) is 4.90 Å². The molecule has 1 fully saturated rings. The monoisotopic (exact) mass is 427 g/mol. The lowest BCUT2D eigenvalue weighted by Crippen LogP contribution is -2.31. The van der Waals surface area contributed by atoms with Crippen LogP contribution in [0.5, 0.6) is 5.75 Å². The van der Waals surface area contributed by atoms with Gasteiger partial charge < -0.3 is 19.5 Å². The van der Waals surface area contributed by atoms with E-state index >= 15 is 0 Å². The van der Waals surface area contributed by atoms with Crippen LogP contribution in [0.15, 0.2) is 54.1 Å². The highest BCUT2D eigenvalue weighted by Gasteiger charge is 2.45. The normalized spacial score (nSPS) is 17.9. The fraction of sp³-hybridized carbons (Fsp3) is 0.333. The predicted molar refractivity (Wildman–Crippen MR) is 114 cm³/mol. The molecule has 0 aromatic heterocycles. The van der Waals surface area contributed by atoms with Gasteiger partial charge in [-0.3, -0.25) is 9.59 Å². The Morgan fingerprint density at radius 2 is 1.71 bits per heavy atom. The fourth-order valence-corrected chi connectivity index (χ4v) is 3.61. The van der Waals surface area contributed by atoms with Crippen LogP contribution in [-0.2, 0) is 14.3 Å². The fourth-order valence-electron chi connectivity index (χ4n) is 3.61. The number of Topliss-reactive ketones (excluding diaryl/α,β-unsaturated/α-hetero) is 1. The second-order valence-corrected chi connectivity index (χ2v) is 7.05. The molecule has 1 aliphatic heterocycles. The molecular formula is C24H26FNO5. The maximum absolute atomic E-state index is 13.5. The molecule has 7 heteroatoms. The average Bonchev–Trinajstić information content (AvgIpc) is 3.02. The number of aliphatic hydroxyl groups is 1. The van der Waals surface area contributed by atoms with Crippen molar-refractivity contribution in [3.05, 3.63) is 71.0 Å².